The van der Waals surface area contributed by atoms with Crippen molar-refractivity contribution < 1.29 is 0 Å². The third-order valence-corrected chi connectivity index (χ3v) is 2.49. The molecule has 94 valence electrons. The smallest absolute Gasteiger partial charge is 0.182 e. The van der Waals surface area contributed by atoms with Crippen LogP contribution < -0.4 is 5.32 Å². The molecule has 2 heterocycles. The van der Waals surface area contributed by atoms with E-state index in [-0.39, 0.29) is 0 Å². The molecule has 0 fully saturated rings. The first-order chi connectivity index (χ1) is 8.70. The van der Waals surface area contributed by atoms with Gasteiger partial charge in [-0.1, -0.05) is 13.8 Å². The summed E-state index contributed by atoms with van der Waals surface area (Å²) >= 11 is 0. The zero-order valence-electron chi connectivity index (χ0n) is 10.9. The Kier molecular flexibility index (Phi) is 3.82. The zero-order valence-corrected chi connectivity index (χ0v) is 10.9. The van der Waals surface area contributed by atoms with Crippen molar-refractivity contribution in [2.24, 2.45) is 0 Å². The summed E-state index contributed by atoms with van der Waals surface area (Å²) in [7, 11) is 0. The Balaban J connectivity index is 2.46. The van der Waals surface area contributed by atoms with E-state index < -0.39 is 0 Å². The van der Waals surface area contributed by atoms with Crippen molar-refractivity contribution in [1.29, 1.82) is 0 Å². The standard InChI is InChI=1S/C13H17N5/c1-4-15-12-7-10(9(2)3)17-13(18-12)11-8-14-5-6-16-11/h5-9H,4H2,1-3H3,(H,15,17,18). The monoisotopic (exact) mass is 243 g/mol. The third-order valence-electron chi connectivity index (χ3n) is 2.49. The van der Waals surface area contributed by atoms with E-state index >= 15 is 0 Å². The van der Waals surface area contributed by atoms with Gasteiger partial charge in [0.25, 0.3) is 0 Å². The lowest BCUT2D eigenvalue weighted by molar-refractivity contribution is 0.815. The largest absolute Gasteiger partial charge is 0.370 e. The number of hydrogen-bond acceptors (Lipinski definition) is 5. The van der Waals surface area contributed by atoms with Gasteiger partial charge in [-0.25, -0.2) is 15.0 Å². The van der Waals surface area contributed by atoms with E-state index in [2.05, 4.69) is 39.1 Å². The van der Waals surface area contributed by atoms with Gasteiger partial charge >= 0.3 is 0 Å². The molecule has 2 aromatic rings. The number of hydrogen-bond donors (Lipinski definition) is 1. The third kappa shape index (κ3) is 2.80. The molecule has 0 unspecified atom stereocenters. The molecular formula is C13H17N5. The summed E-state index contributed by atoms with van der Waals surface area (Å²) in [6, 6.07) is 1.98. The lowest BCUT2D eigenvalue weighted by atomic mass is 10.1. The predicted octanol–water partition coefficient (Wildman–Crippen LogP) is 2.49. The van der Waals surface area contributed by atoms with E-state index in [1.165, 1.54) is 0 Å². The SMILES string of the molecule is CCNc1cc(C(C)C)nc(-c2cnccn2)n1. The maximum absolute atomic E-state index is 4.53. The van der Waals surface area contributed by atoms with Crippen molar-refractivity contribution >= 4 is 5.82 Å². The molecule has 1 N–H and O–H groups in total. The van der Waals surface area contributed by atoms with Crippen LogP contribution in [0.3, 0.4) is 0 Å². The summed E-state index contributed by atoms with van der Waals surface area (Å²) in [4.78, 5) is 17.3. The quantitative estimate of drug-likeness (QED) is 0.893. The molecule has 0 bridgehead atoms. The van der Waals surface area contributed by atoms with Crippen LogP contribution in [0.5, 0.6) is 0 Å². The molecule has 5 heteroatoms. The van der Waals surface area contributed by atoms with Crippen molar-refractivity contribution in [1.82, 2.24) is 19.9 Å². The molecule has 0 aromatic carbocycles. The van der Waals surface area contributed by atoms with Crippen LogP contribution in [0.25, 0.3) is 11.5 Å². The Labute approximate surface area is 107 Å². The van der Waals surface area contributed by atoms with E-state index in [1.54, 1.807) is 18.6 Å². The van der Waals surface area contributed by atoms with Crippen LogP contribution in [-0.4, -0.2) is 26.5 Å². The lowest BCUT2D eigenvalue weighted by Gasteiger charge is -2.10. The maximum atomic E-state index is 4.53. The van der Waals surface area contributed by atoms with Crippen molar-refractivity contribution in [3.63, 3.8) is 0 Å². The first-order valence-electron chi connectivity index (χ1n) is 6.10. The predicted molar refractivity (Wildman–Crippen MR) is 71.3 cm³/mol. The molecule has 0 saturated carbocycles. The van der Waals surface area contributed by atoms with Crippen LogP contribution in [0.4, 0.5) is 5.82 Å². The van der Waals surface area contributed by atoms with Gasteiger partial charge in [0.1, 0.15) is 11.5 Å². The first-order valence-corrected chi connectivity index (χ1v) is 6.10. The fourth-order valence-corrected chi connectivity index (χ4v) is 1.56. The Hall–Kier alpha value is -2.04. The van der Waals surface area contributed by atoms with E-state index in [1.807, 2.05) is 13.0 Å². The minimum atomic E-state index is 0.348. The highest BCUT2D eigenvalue weighted by Crippen LogP contribution is 2.19. The van der Waals surface area contributed by atoms with Gasteiger partial charge < -0.3 is 5.32 Å². The van der Waals surface area contributed by atoms with Gasteiger partial charge in [0.05, 0.1) is 6.20 Å². The van der Waals surface area contributed by atoms with Gasteiger partial charge in [0.15, 0.2) is 5.82 Å². The number of nitrogens with zero attached hydrogens (tertiary/aromatic N) is 4. The van der Waals surface area contributed by atoms with Crippen LogP contribution in [0.1, 0.15) is 32.4 Å². The molecule has 0 aliphatic carbocycles. The van der Waals surface area contributed by atoms with E-state index in [4.69, 9.17) is 0 Å². The molecule has 0 saturated heterocycles. The second-order valence-corrected chi connectivity index (χ2v) is 4.28. The molecule has 18 heavy (non-hydrogen) atoms. The summed E-state index contributed by atoms with van der Waals surface area (Å²) < 4.78 is 0. The molecular weight excluding hydrogens is 226 g/mol. The zero-order chi connectivity index (χ0) is 13.0. The number of anilines is 1. The number of nitrogens with one attached hydrogen (secondary N) is 1. The summed E-state index contributed by atoms with van der Waals surface area (Å²) in [5, 5.41) is 3.21. The topological polar surface area (TPSA) is 63.6 Å². The van der Waals surface area contributed by atoms with Crippen LogP contribution in [0.2, 0.25) is 0 Å². The second-order valence-electron chi connectivity index (χ2n) is 4.28. The first kappa shape index (κ1) is 12.4. The molecule has 2 aromatic heterocycles. The van der Waals surface area contributed by atoms with E-state index in [0.29, 0.717) is 17.4 Å². The molecule has 0 radical (unpaired) electrons. The van der Waals surface area contributed by atoms with Crippen LogP contribution in [0.15, 0.2) is 24.7 Å². The average Bonchev–Trinajstić information content (AvgIpc) is 2.40. The van der Waals surface area contributed by atoms with Crippen molar-refractivity contribution in [3.05, 3.63) is 30.4 Å². The summed E-state index contributed by atoms with van der Waals surface area (Å²) in [5.74, 6) is 1.79. The van der Waals surface area contributed by atoms with Gasteiger partial charge in [-0.3, -0.25) is 4.98 Å². The van der Waals surface area contributed by atoms with Gasteiger partial charge in [-0.05, 0) is 12.8 Å². The Morgan fingerprint density at radius 3 is 2.67 bits per heavy atom. The number of aromatic nitrogens is 4. The van der Waals surface area contributed by atoms with Gasteiger partial charge in [-0.15, -0.1) is 0 Å². The minimum absolute atomic E-state index is 0.348. The Bertz CT molecular complexity index is 510. The lowest BCUT2D eigenvalue weighted by Crippen LogP contribution is -2.05. The Morgan fingerprint density at radius 2 is 2.06 bits per heavy atom. The van der Waals surface area contributed by atoms with E-state index in [9.17, 15) is 0 Å². The molecule has 0 spiro atoms. The van der Waals surface area contributed by atoms with Crippen LogP contribution >= 0.6 is 0 Å². The highest BCUT2D eigenvalue weighted by molar-refractivity contribution is 5.52. The molecule has 5 nitrogen and oxygen atoms in total. The summed E-state index contributed by atoms with van der Waals surface area (Å²) in [5.41, 5.74) is 1.70. The van der Waals surface area contributed by atoms with E-state index in [0.717, 1.165) is 18.1 Å². The summed E-state index contributed by atoms with van der Waals surface area (Å²) in [6.07, 6.45) is 4.96. The molecule has 2 rings (SSSR count). The van der Waals surface area contributed by atoms with Crippen molar-refractivity contribution in [2.75, 3.05) is 11.9 Å². The normalized spacial score (nSPS) is 10.7. The minimum Gasteiger partial charge on any atom is -0.370 e. The van der Waals surface area contributed by atoms with Crippen LogP contribution in [-0.2, 0) is 0 Å². The maximum Gasteiger partial charge on any atom is 0.182 e. The molecule has 0 aliphatic heterocycles. The summed E-state index contributed by atoms with van der Waals surface area (Å²) in [6.45, 7) is 7.09. The average molecular weight is 243 g/mol. The highest BCUT2D eigenvalue weighted by Gasteiger charge is 2.10. The fourth-order valence-electron chi connectivity index (χ4n) is 1.56. The molecule has 0 amide bonds. The van der Waals surface area contributed by atoms with Gasteiger partial charge in [0.2, 0.25) is 0 Å². The number of rotatable bonds is 4. The fraction of sp³-hybridized carbons (Fsp3) is 0.385. The molecule has 0 aliphatic rings. The highest BCUT2D eigenvalue weighted by atomic mass is 15.0. The van der Waals surface area contributed by atoms with Gasteiger partial charge in [0, 0.05) is 30.7 Å². The van der Waals surface area contributed by atoms with Crippen LogP contribution in [0, 0.1) is 0 Å². The van der Waals surface area contributed by atoms with Gasteiger partial charge in [-0.2, -0.15) is 0 Å². The van der Waals surface area contributed by atoms with Crippen molar-refractivity contribution in [3.8, 4) is 11.5 Å². The Morgan fingerprint density at radius 1 is 1.22 bits per heavy atom. The van der Waals surface area contributed by atoms with Crippen molar-refractivity contribution in [2.45, 2.75) is 26.7 Å². The molecule has 0 atom stereocenters. The second kappa shape index (κ2) is 5.53.